The van der Waals surface area contributed by atoms with Crippen LogP contribution in [0.4, 0.5) is 5.69 Å². The number of anilines is 1. The fourth-order valence-electron chi connectivity index (χ4n) is 2.84. The van der Waals surface area contributed by atoms with Gasteiger partial charge in [0.1, 0.15) is 24.3 Å². The second kappa shape index (κ2) is 10.1. The maximum Gasteiger partial charge on any atom is 0.229 e. The standard InChI is InChI=1S/C21H24ClN3O5S/c1-14-24-20(13-30-14)15-3-6-17(7-4-15)29-10-9-23-12-21(26)16-5-8-18(22)19(11-16)25-31(2,27)28/h3-8,11,13,21,23,25-26H,9-10,12H2,1-2H3/t21-/m1/s1. The first-order chi connectivity index (χ1) is 14.7. The zero-order valence-electron chi connectivity index (χ0n) is 17.1. The van der Waals surface area contributed by atoms with Gasteiger partial charge in [0, 0.05) is 25.6 Å². The number of halogens is 1. The van der Waals surface area contributed by atoms with Crippen LogP contribution in [0.15, 0.2) is 53.1 Å². The van der Waals surface area contributed by atoms with Crippen LogP contribution in [0.2, 0.25) is 5.02 Å². The molecular weight excluding hydrogens is 442 g/mol. The topological polar surface area (TPSA) is 114 Å². The Morgan fingerprint density at radius 3 is 2.61 bits per heavy atom. The van der Waals surface area contributed by atoms with Crippen molar-refractivity contribution in [2.24, 2.45) is 0 Å². The van der Waals surface area contributed by atoms with Crippen LogP contribution in [0.25, 0.3) is 11.3 Å². The number of oxazole rings is 1. The van der Waals surface area contributed by atoms with Gasteiger partial charge in [-0.25, -0.2) is 13.4 Å². The van der Waals surface area contributed by atoms with E-state index in [1.165, 1.54) is 6.07 Å². The highest BCUT2D eigenvalue weighted by Gasteiger charge is 2.12. The molecule has 0 aliphatic carbocycles. The number of nitrogens with one attached hydrogen (secondary N) is 2. The fourth-order valence-corrected chi connectivity index (χ4v) is 3.63. The zero-order valence-corrected chi connectivity index (χ0v) is 18.7. The Kier molecular flexibility index (Phi) is 7.55. The Morgan fingerprint density at radius 2 is 1.97 bits per heavy atom. The molecule has 0 unspecified atom stereocenters. The zero-order chi connectivity index (χ0) is 22.4. The molecule has 0 saturated heterocycles. The second-order valence-corrected chi connectivity index (χ2v) is 9.11. The van der Waals surface area contributed by atoms with Crippen LogP contribution in [-0.2, 0) is 10.0 Å². The molecule has 0 aliphatic rings. The van der Waals surface area contributed by atoms with Crippen LogP contribution >= 0.6 is 11.6 Å². The SMILES string of the molecule is Cc1nc(-c2ccc(OCCNC[C@@H](O)c3ccc(Cl)c(NS(C)(=O)=O)c3)cc2)co1. The van der Waals surface area contributed by atoms with Crippen molar-refractivity contribution in [2.75, 3.05) is 30.7 Å². The van der Waals surface area contributed by atoms with Crippen molar-refractivity contribution in [2.45, 2.75) is 13.0 Å². The van der Waals surface area contributed by atoms with E-state index in [1.807, 2.05) is 24.3 Å². The summed E-state index contributed by atoms with van der Waals surface area (Å²) in [5.74, 6) is 1.34. The van der Waals surface area contributed by atoms with Gasteiger partial charge in [-0.05, 0) is 42.0 Å². The van der Waals surface area contributed by atoms with E-state index in [-0.39, 0.29) is 17.3 Å². The molecule has 1 aromatic heterocycles. The first-order valence-electron chi connectivity index (χ1n) is 9.52. The first-order valence-corrected chi connectivity index (χ1v) is 11.8. The summed E-state index contributed by atoms with van der Waals surface area (Å²) >= 11 is 6.01. The van der Waals surface area contributed by atoms with Crippen molar-refractivity contribution in [3.05, 3.63) is 65.2 Å². The van der Waals surface area contributed by atoms with Crippen LogP contribution in [0.5, 0.6) is 5.75 Å². The van der Waals surface area contributed by atoms with Gasteiger partial charge in [-0.1, -0.05) is 17.7 Å². The quantitative estimate of drug-likeness (QED) is 0.393. The predicted molar refractivity (Wildman–Crippen MR) is 120 cm³/mol. The number of aliphatic hydroxyl groups excluding tert-OH is 1. The minimum absolute atomic E-state index is 0.230. The van der Waals surface area contributed by atoms with Crippen LogP contribution < -0.4 is 14.8 Å². The summed E-state index contributed by atoms with van der Waals surface area (Å²) in [7, 11) is -3.47. The predicted octanol–water partition coefficient (Wildman–Crippen LogP) is 3.38. The summed E-state index contributed by atoms with van der Waals surface area (Å²) in [4.78, 5) is 4.28. The van der Waals surface area contributed by atoms with Crippen molar-refractivity contribution in [1.29, 1.82) is 0 Å². The number of nitrogens with zero attached hydrogens (tertiary/aromatic N) is 1. The number of benzene rings is 2. The monoisotopic (exact) mass is 465 g/mol. The smallest absolute Gasteiger partial charge is 0.229 e. The molecule has 10 heteroatoms. The number of aromatic nitrogens is 1. The molecule has 3 rings (SSSR count). The first kappa shape index (κ1) is 23.1. The molecule has 0 spiro atoms. The molecule has 31 heavy (non-hydrogen) atoms. The van der Waals surface area contributed by atoms with Crippen LogP contribution in [0.3, 0.4) is 0 Å². The van der Waals surface area contributed by atoms with E-state index in [4.69, 9.17) is 20.8 Å². The lowest BCUT2D eigenvalue weighted by Crippen LogP contribution is -2.26. The van der Waals surface area contributed by atoms with Gasteiger partial charge >= 0.3 is 0 Å². The van der Waals surface area contributed by atoms with E-state index in [1.54, 1.807) is 25.3 Å². The van der Waals surface area contributed by atoms with Gasteiger partial charge in [0.2, 0.25) is 10.0 Å². The van der Waals surface area contributed by atoms with E-state index in [2.05, 4.69) is 15.0 Å². The molecular formula is C21H24ClN3O5S. The molecule has 166 valence electrons. The minimum Gasteiger partial charge on any atom is -0.492 e. The molecule has 1 heterocycles. The molecule has 0 saturated carbocycles. The highest BCUT2D eigenvalue weighted by atomic mass is 35.5. The Bertz CT molecular complexity index is 1120. The maximum atomic E-state index is 11.4. The van der Waals surface area contributed by atoms with Gasteiger partial charge in [-0.15, -0.1) is 0 Å². The maximum absolute atomic E-state index is 11.4. The minimum atomic E-state index is -3.47. The molecule has 3 aromatic rings. The molecule has 1 atom stereocenters. The normalized spacial score (nSPS) is 12.5. The van der Waals surface area contributed by atoms with Crippen molar-refractivity contribution < 1.29 is 22.7 Å². The largest absolute Gasteiger partial charge is 0.492 e. The Hall–Kier alpha value is -2.59. The van der Waals surface area contributed by atoms with Gasteiger partial charge in [-0.2, -0.15) is 0 Å². The summed E-state index contributed by atoms with van der Waals surface area (Å²) in [6.07, 6.45) is 1.82. The average molecular weight is 466 g/mol. The number of hydrogen-bond donors (Lipinski definition) is 3. The lowest BCUT2D eigenvalue weighted by atomic mass is 10.1. The average Bonchev–Trinajstić information content (AvgIpc) is 3.15. The van der Waals surface area contributed by atoms with Crippen LogP contribution in [0.1, 0.15) is 17.6 Å². The van der Waals surface area contributed by atoms with Crippen molar-refractivity contribution >= 4 is 27.3 Å². The van der Waals surface area contributed by atoms with Gasteiger partial charge < -0.3 is 19.6 Å². The Labute approximate surface area is 186 Å². The van der Waals surface area contributed by atoms with E-state index in [0.717, 1.165) is 23.3 Å². The van der Waals surface area contributed by atoms with Gasteiger partial charge in [0.05, 0.1) is 23.1 Å². The highest BCUT2D eigenvalue weighted by molar-refractivity contribution is 7.92. The van der Waals surface area contributed by atoms with Crippen molar-refractivity contribution in [3.8, 4) is 17.0 Å². The molecule has 0 bridgehead atoms. The Balaban J connectivity index is 1.44. The van der Waals surface area contributed by atoms with E-state index >= 15 is 0 Å². The summed E-state index contributed by atoms with van der Waals surface area (Å²) in [5.41, 5.74) is 2.49. The fraction of sp³-hybridized carbons (Fsp3) is 0.286. The lowest BCUT2D eigenvalue weighted by molar-refractivity contribution is 0.172. The van der Waals surface area contributed by atoms with Crippen molar-refractivity contribution in [3.63, 3.8) is 0 Å². The van der Waals surface area contributed by atoms with Gasteiger partial charge in [0.15, 0.2) is 5.89 Å². The number of rotatable bonds is 10. The molecule has 3 N–H and O–H groups in total. The number of aliphatic hydroxyl groups is 1. The van der Waals surface area contributed by atoms with Crippen LogP contribution in [-0.4, -0.2) is 44.5 Å². The summed E-state index contributed by atoms with van der Waals surface area (Å²) in [6, 6.07) is 12.2. The lowest BCUT2D eigenvalue weighted by Gasteiger charge is -2.15. The molecule has 0 amide bonds. The van der Waals surface area contributed by atoms with Crippen molar-refractivity contribution in [1.82, 2.24) is 10.3 Å². The van der Waals surface area contributed by atoms with E-state index in [0.29, 0.717) is 24.6 Å². The number of ether oxygens (including phenoxy) is 1. The van der Waals surface area contributed by atoms with Gasteiger partial charge in [0.25, 0.3) is 0 Å². The summed E-state index contributed by atoms with van der Waals surface area (Å²) in [6.45, 7) is 3.00. The number of aryl methyl sites for hydroxylation is 1. The third-order valence-corrected chi connectivity index (χ3v) is 5.25. The third kappa shape index (κ3) is 6.96. The second-order valence-electron chi connectivity index (χ2n) is 6.96. The number of hydrogen-bond acceptors (Lipinski definition) is 7. The molecule has 2 aromatic carbocycles. The molecule has 0 radical (unpaired) electrons. The highest BCUT2D eigenvalue weighted by Crippen LogP contribution is 2.26. The molecule has 0 aliphatic heterocycles. The number of sulfonamides is 1. The summed E-state index contributed by atoms with van der Waals surface area (Å²) < 4.78 is 36.1. The summed E-state index contributed by atoms with van der Waals surface area (Å²) in [5, 5.41) is 13.7. The molecule has 8 nitrogen and oxygen atoms in total. The third-order valence-electron chi connectivity index (χ3n) is 4.32. The Morgan fingerprint density at radius 1 is 1.23 bits per heavy atom. The van der Waals surface area contributed by atoms with Crippen LogP contribution in [0, 0.1) is 6.92 Å². The molecule has 0 fully saturated rings. The van der Waals surface area contributed by atoms with E-state index in [9.17, 15) is 13.5 Å². The van der Waals surface area contributed by atoms with Gasteiger partial charge in [-0.3, -0.25) is 4.72 Å². The van der Waals surface area contributed by atoms with E-state index < -0.39 is 16.1 Å².